The van der Waals surface area contributed by atoms with E-state index in [-0.39, 0.29) is 31.2 Å². The number of nitrogens with zero attached hydrogens (tertiary/aromatic N) is 1. The largest absolute Gasteiger partial charge is 0.449 e. The summed E-state index contributed by atoms with van der Waals surface area (Å²) in [6, 6.07) is 8.18. The number of hydrogen-bond donors (Lipinski definition) is 1. The molecule has 1 unspecified atom stereocenters. The highest BCUT2D eigenvalue weighted by atomic mass is 35.5. The molecule has 0 bridgehead atoms. The maximum atomic E-state index is 12.6. The molecule has 0 spiro atoms. The summed E-state index contributed by atoms with van der Waals surface area (Å²) in [4.78, 5) is 24.8. The van der Waals surface area contributed by atoms with Gasteiger partial charge < -0.3 is 10.1 Å². The molecule has 0 saturated carbocycles. The molecule has 1 amide bonds. The molecular formula is C20H19Cl3N2O5S. The van der Waals surface area contributed by atoms with Gasteiger partial charge in [-0.2, -0.15) is 4.31 Å². The molecule has 11 heteroatoms. The van der Waals surface area contributed by atoms with Crippen LogP contribution < -0.4 is 5.32 Å². The lowest BCUT2D eigenvalue weighted by atomic mass is 10.2. The van der Waals surface area contributed by atoms with Gasteiger partial charge in [-0.1, -0.05) is 34.8 Å². The molecule has 0 radical (unpaired) electrons. The van der Waals surface area contributed by atoms with Crippen LogP contribution in [0.1, 0.15) is 30.1 Å². The summed E-state index contributed by atoms with van der Waals surface area (Å²) in [5.74, 6) is -1.39. The van der Waals surface area contributed by atoms with Crippen LogP contribution in [0, 0.1) is 0 Å². The highest BCUT2D eigenvalue weighted by molar-refractivity contribution is 7.89. The second-order valence-electron chi connectivity index (χ2n) is 6.92. The van der Waals surface area contributed by atoms with Crippen molar-refractivity contribution < 1.29 is 22.7 Å². The first-order chi connectivity index (χ1) is 14.6. The van der Waals surface area contributed by atoms with Crippen molar-refractivity contribution in [1.29, 1.82) is 0 Å². The van der Waals surface area contributed by atoms with Gasteiger partial charge in [0.1, 0.15) is 0 Å². The molecule has 1 saturated heterocycles. The van der Waals surface area contributed by atoms with Crippen LogP contribution in [0.4, 0.5) is 5.69 Å². The van der Waals surface area contributed by atoms with E-state index < -0.39 is 28.0 Å². The van der Waals surface area contributed by atoms with Crippen molar-refractivity contribution in [2.45, 2.75) is 30.8 Å². The molecule has 2 aromatic rings. The highest BCUT2D eigenvalue weighted by Gasteiger charge is 2.27. The van der Waals surface area contributed by atoms with Gasteiger partial charge in [0.2, 0.25) is 10.0 Å². The first-order valence-electron chi connectivity index (χ1n) is 9.36. The van der Waals surface area contributed by atoms with Gasteiger partial charge in [-0.05, 0) is 56.2 Å². The van der Waals surface area contributed by atoms with Gasteiger partial charge in [0, 0.05) is 13.1 Å². The van der Waals surface area contributed by atoms with E-state index >= 15 is 0 Å². The van der Waals surface area contributed by atoms with Crippen molar-refractivity contribution in [2.75, 3.05) is 18.4 Å². The zero-order chi connectivity index (χ0) is 22.8. The number of benzene rings is 2. The fourth-order valence-electron chi connectivity index (χ4n) is 2.98. The third-order valence-corrected chi connectivity index (χ3v) is 7.66. The van der Waals surface area contributed by atoms with E-state index in [4.69, 9.17) is 39.5 Å². The molecule has 1 heterocycles. The molecule has 2 aromatic carbocycles. The molecule has 1 atom stereocenters. The van der Waals surface area contributed by atoms with Gasteiger partial charge in [0.15, 0.2) is 6.10 Å². The summed E-state index contributed by atoms with van der Waals surface area (Å²) < 4.78 is 31.7. The van der Waals surface area contributed by atoms with E-state index in [0.29, 0.717) is 13.1 Å². The van der Waals surface area contributed by atoms with Gasteiger partial charge >= 0.3 is 5.97 Å². The highest BCUT2D eigenvalue weighted by Crippen LogP contribution is 2.32. The average molecular weight is 506 g/mol. The average Bonchev–Trinajstić information content (AvgIpc) is 3.27. The third-order valence-electron chi connectivity index (χ3n) is 4.71. The summed E-state index contributed by atoms with van der Waals surface area (Å²) in [5, 5.41) is 3.14. The number of nitrogens with one attached hydrogen (secondary N) is 1. The summed E-state index contributed by atoms with van der Waals surface area (Å²) in [7, 11) is -3.58. The zero-order valence-electron chi connectivity index (χ0n) is 16.4. The lowest BCUT2D eigenvalue weighted by molar-refractivity contribution is -0.123. The Morgan fingerprint density at radius 3 is 2.19 bits per heavy atom. The normalized spacial score (nSPS) is 15.5. The van der Waals surface area contributed by atoms with Crippen LogP contribution in [0.15, 0.2) is 41.3 Å². The molecular weight excluding hydrogens is 487 g/mol. The topological polar surface area (TPSA) is 92.8 Å². The lowest BCUT2D eigenvalue weighted by Crippen LogP contribution is -2.30. The van der Waals surface area contributed by atoms with Crippen molar-refractivity contribution >= 4 is 62.4 Å². The number of carbonyl (C=O) groups excluding carboxylic acids is 2. The fourth-order valence-corrected chi connectivity index (χ4v) is 5.09. The molecule has 1 aliphatic rings. The number of halogens is 3. The van der Waals surface area contributed by atoms with Crippen molar-refractivity contribution in [3.05, 3.63) is 57.0 Å². The number of hydrogen-bond acceptors (Lipinski definition) is 5. The molecule has 0 aliphatic carbocycles. The standard InChI is InChI=1S/C20H19Cl3N2O5S/c1-12(19(26)24-18-11-16(22)15(21)10-17(18)23)30-20(27)13-4-6-14(7-5-13)31(28,29)25-8-2-3-9-25/h4-7,10-12H,2-3,8-9H2,1H3,(H,24,26). The Balaban J connectivity index is 1.64. The Bertz CT molecular complexity index is 1100. The van der Waals surface area contributed by atoms with Crippen molar-refractivity contribution in [1.82, 2.24) is 4.31 Å². The van der Waals surface area contributed by atoms with Gasteiger partial charge in [0.25, 0.3) is 5.91 Å². The van der Waals surface area contributed by atoms with Crippen LogP contribution in [0.3, 0.4) is 0 Å². The number of anilines is 1. The Kier molecular flexibility index (Phi) is 7.49. The number of esters is 1. The number of carbonyl (C=O) groups is 2. The number of rotatable bonds is 6. The molecule has 31 heavy (non-hydrogen) atoms. The van der Waals surface area contributed by atoms with Crippen molar-refractivity contribution in [3.8, 4) is 0 Å². The predicted molar refractivity (Wildman–Crippen MR) is 119 cm³/mol. The SMILES string of the molecule is CC(OC(=O)c1ccc(S(=O)(=O)N2CCCC2)cc1)C(=O)Nc1cc(Cl)c(Cl)cc1Cl. The molecule has 0 aromatic heterocycles. The summed E-state index contributed by atoms with van der Waals surface area (Å²) >= 11 is 17.8. The summed E-state index contributed by atoms with van der Waals surface area (Å²) in [6.07, 6.45) is 0.514. The van der Waals surface area contributed by atoms with Crippen LogP contribution in [0.5, 0.6) is 0 Å². The molecule has 166 valence electrons. The second kappa shape index (κ2) is 9.75. The Hall–Kier alpha value is -1.84. The molecule has 1 aliphatic heterocycles. The van der Waals surface area contributed by atoms with Gasteiger partial charge in [-0.15, -0.1) is 0 Å². The number of amides is 1. The summed E-state index contributed by atoms with van der Waals surface area (Å²) in [5.41, 5.74) is 0.341. The Morgan fingerprint density at radius 2 is 1.58 bits per heavy atom. The fraction of sp³-hybridized carbons (Fsp3) is 0.300. The van der Waals surface area contributed by atoms with E-state index in [1.165, 1.54) is 47.6 Å². The minimum atomic E-state index is -3.58. The minimum absolute atomic E-state index is 0.103. The third kappa shape index (κ3) is 5.51. The Morgan fingerprint density at radius 1 is 1.00 bits per heavy atom. The van der Waals surface area contributed by atoms with Gasteiger partial charge in [-0.3, -0.25) is 4.79 Å². The monoisotopic (exact) mass is 504 g/mol. The van der Waals surface area contributed by atoms with E-state index in [1.807, 2.05) is 0 Å². The van der Waals surface area contributed by atoms with Crippen molar-refractivity contribution in [2.24, 2.45) is 0 Å². The van der Waals surface area contributed by atoms with E-state index in [1.54, 1.807) is 0 Å². The molecule has 3 rings (SSSR count). The van der Waals surface area contributed by atoms with Crippen LogP contribution in [0.2, 0.25) is 15.1 Å². The maximum Gasteiger partial charge on any atom is 0.338 e. The number of sulfonamides is 1. The van der Waals surface area contributed by atoms with Crippen LogP contribution >= 0.6 is 34.8 Å². The van der Waals surface area contributed by atoms with Gasteiger partial charge in [-0.25, -0.2) is 13.2 Å². The molecule has 7 nitrogen and oxygen atoms in total. The quantitative estimate of drug-likeness (QED) is 0.457. The van der Waals surface area contributed by atoms with Crippen LogP contribution in [-0.4, -0.2) is 43.8 Å². The van der Waals surface area contributed by atoms with Gasteiger partial charge in [0.05, 0.1) is 31.2 Å². The van der Waals surface area contributed by atoms with Crippen molar-refractivity contribution in [3.63, 3.8) is 0 Å². The van der Waals surface area contributed by atoms with E-state index in [2.05, 4.69) is 5.32 Å². The van der Waals surface area contributed by atoms with E-state index in [0.717, 1.165) is 12.8 Å². The van der Waals surface area contributed by atoms with E-state index in [9.17, 15) is 18.0 Å². The zero-order valence-corrected chi connectivity index (χ0v) is 19.5. The first-order valence-corrected chi connectivity index (χ1v) is 11.9. The van der Waals surface area contributed by atoms with Crippen LogP contribution in [0.25, 0.3) is 0 Å². The maximum absolute atomic E-state index is 12.6. The van der Waals surface area contributed by atoms with Crippen LogP contribution in [-0.2, 0) is 19.6 Å². The number of ether oxygens (including phenoxy) is 1. The summed E-state index contributed by atoms with van der Waals surface area (Å²) in [6.45, 7) is 2.37. The second-order valence-corrected chi connectivity index (χ2v) is 10.1. The minimum Gasteiger partial charge on any atom is -0.449 e. The predicted octanol–water partition coefficient (Wildman–Crippen LogP) is 4.62. The smallest absolute Gasteiger partial charge is 0.338 e. The lowest BCUT2D eigenvalue weighted by Gasteiger charge is -2.16. The Labute approximate surface area is 195 Å². The first kappa shape index (κ1) is 23.8. The molecule has 1 N–H and O–H groups in total. The molecule has 1 fully saturated rings.